The lowest BCUT2D eigenvalue weighted by atomic mass is 9.90. The lowest BCUT2D eigenvalue weighted by Crippen LogP contribution is -2.48. The zero-order valence-corrected chi connectivity index (χ0v) is 13.1. The first-order valence-electron chi connectivity index (χ1n) is 7.84. The summed E-state index contributed by atoms with van der Waals surface area (Å²) in [6, 6.07) is 9.94. The molecule has 21 heavy (non-hydrogen) atoms. The van der Waals surface area contributed by atoms with E-state index in [1.165, 1.54) is 7.11 Å². The summed E-state index contributed by atoms with van der Waals surface area (Å²) < 4.78 is 5.10. The summed E-state index contributed by atoms with van der Waals surface area (Å²) >= 11 is 0. The molecule has 1 atom stereocenters. The summed E-state index contributed by atoms with van der Waals surface area (Å²) in [5.41, 5.74) is 0.380. The zero-order valence-electron chi connectivity index (χ0n) is 13.1. The fourth-order valence-corrected chi connectivity index (χ4v) is 3.10. The number of likely N-dealkylation sites (tertiary alicyclic amines) is 1. The molecule has 1 aromatic rings. The Labute approximate surface area is 127 Å². The van der Waals surface area contributed by atoms with E-state index < -0.39 is 5.54 Å². The van der Waals surface area contributed by atoms with Crippen molar-refractivity contribution in [1.82, 2.24) is 4.90 Å². The number of ether oxygens (including phenoxy) is 1. The predicted octanol–water partition coefficient (Wildman–Crippen LogP) is 2.91. The highest BCUT2D eigenvalue weighted by atomic mass is 16.5. The largest absolute Gasteiger partial charge is 0.467 e. The topological polar surface area (TPSA) is 41.6 Å². The van der Waals surface area contributed by atoms with E-state index in [1.54, 1.807) is 0 Å². The molecule has 2 rings (SSSR count). The Morgan fingerprint density at radius 2 is 2.05 bits per heavy atom. The van der Waals surface area contributed by atoms with Gasteiger partial charge in [-0.3, -0.25) is 0 Å². The van der Waals surface area contributed by atoms with Crippen LogP contribution in [0, 0.1) is 0 Å². The smallest absolute Gasteiger partial charge is 0.331 e. The minimum absolute atomic E-state index is 0.148. The molecule has 0 aromatic heterocycles. The van der Waals surface area contributed by atoms with E-state index in [9.17, 15) is 4.79 Å². The van der Waals surface area contributed by atoms with E-state index >= 15 is 0 Å². The maximum absolute atomic E-state index is 12.4. The molecule has 0 spiro atoms. The Morgan fingerprint density at radius 1 is 1.29 bits per heavy atom. The minimum atomic E-state index is -0.599. The number of methoxy groups -OCH3 is 1. The number of nitrogens with zero attached hydrogens (tertiary/aromatic N) is 1. The third-order valence-corrected chi connectivity index (χ3v) is 4.21. The van der Waals surface area contributed by atoms with Gasteiger partial charge in [0.2, 0.25) is 0 Å². The Kier molecular flexibility index (Phi) is 5.62. The molecule has 1 N–H and O–H groups in total. The molecule has 1 aliphatic rings. The number of carbonyl (C=O) groups excluding carboxylic acids is 1. The third-order valence-electron chi connectivity index (χ3n) is 4.21. The lowest BCUT2D eigenvalue weighted by Gasteiger charge is -2.32. The number of esters is 1. The molecular formula is C17H26N2O2. The second kappa shape index (κ2) is 7.46. The number of hydrogen-bond acceptors (Lipinski definition) is 4. The summed E-state index contributed by atoms with van der Waals surface area (Å²) in [7, 11) is 1.48. The Hall–Kier alpha value is -1.55. The highest BCUT2D eigenvalue weighted by Gasteiger charge is 2.40. The van der Waals surface area contributed by atoms with Gasteiger partial charge in [0.1, 0.15) is 5.54 Å². The van der Waals surface area contributed by atoms with Crippen LogP contribution >= 0.6 is 0 Å². The highest BCUT2D eigenvalue weighted by Crippen LogP contribution is 2.28. The van der Waals surface area contributed by atoms with Gasteiger partial charge >= 0.3 is 5.97 Å². The number of para-hydroxylation sites is 1. The quantitative estimate of drug-likeness (QED) is 0.847. The minimum Gasteiger partial charge on any atom is -0.467 e. The van der Waals surface area contributed by atoms with Gasteiger partial charge in [-0.2, -0.15) is 0 Å². The number of hydrogen-bond donors (Lipinski definition) is 1. The summed E-state index contributed by atoms with van der Waals surface area (Å²) in [4.78, 5) is 14.8. The van der Waals surface area contributed by atoms with Gasteiger partial charge in [-0.15, -0.1) is 0 Å². The molecule has 1 saturated heterocycles. The van der Waals surface area contributed by atoms with Crippen molar-refractivity contribution in [2.45, 2.75) is 38.1 Å². The number of rotatable bonds is 5. The van der Waals surface area contributed by atoms with Crippen molar-refractivity contribution in [2.24, 2.45) is 0 Å². The Morgan fingerprint density at radius 3 is 2.71 bits per heavy atom. The first-order valence-corrected chi connectivity index (χ1v) is 7.84. The molecule has 1 aromatic carbocycles. The van der Waals surface area contributed by atoms with Crippen molar-refractivity contribution in [3.8, 4) is 0 Å². The molecule has 4 nitrogen and oxygen atoms in total. The van der Waals surface area contributed by atoms with Crippen molar-refractivity contribution in [3.05, 3.63) is 30.3 Å². The van der Waals surface area contributed by atoms with Gasteiger partial charge in [0.05, 0.1) is 7.11 Å². The second-order valence-corrected chi connectivity index (χ2v) is 5.76. The van der Waals surface area contributed by atoms with E-state index in [0.717, 1.165) is 51.0 Å². The normalized spacial score (nSPS) is 23.3. The van der Waals surface area contributed by atoms with Gasteiger partial charge in [0.25, 0.3) is 0 Å². The highest BCUT2D eigenvalue weighted by molar-refractivity contribution is 5.84. The number of anilines is 1. The fourth-order valence-electron chi connectivity index (χ4n) is 3.10. The molecule has 0 bridgehead atoms. The van der Waals surface area contributed by atoms with Crippen LogP contribution in [0.1, 0.15) is 32.6 Å². The maximum atomic E-state index is 12.4. The molecule has 1 unspecified atom stereocenters. The third kappa shape index (κ3) is 3.97. The van der Waals surface area contributed by atoms with Crippen molar-refractivity contribution >= 4 is 11.7 Å². The van der Waals surface area contributed by atoms with Gasteiger partial charge in [-0.05, 0) is 50.9 Å². The van der Waals surface area contributed by atoms with Crippen LogP contribution in [0.15, 0.2) is 30.3 Å². The van der Waals surface area contributed by atoms with E-state index in [4.69, 9.17) is 4.74 Å². The van der Waals surface area contributed by atoms with E-state index in [0.29, 0.717) is 0 Å². The average molecular weight is 290 g/mol. The average Bonchev–Trinajstić information content (AvgIpc) is 2.71. The van der Waals surface area contributed by atoms with Crippen LogP contribution in [0.5, 0.6) is 0 Å². The molecule has 0 amide bonds. The van der Waals surface area contributed by atoms with Crippen LogP contribution in [-0.4, -0.2) is 43.2 Å². The first kappa shape index (κ1) is 15.8. The van der Waals surface area contributed by atoms with Crippen LogP contribution < -0.4 is 5.32 Å². The van der Waals surface area contributed by atoms with Crippen molar-refractivity contribution in [2.75, 3.05) is 32.1 Å². The summed E-state index contributed by atoms with van der Waals surface area (Å²) in [5.74, 6) is -0.148. The van der Waals surface area contributed by atoms with Crippen LogP contribution in [0.3, 0.4) is 0 Å². The molecular weight excluding hydrogens is 264 g/mol. The van der Waals surface area contributed by atoms with Crippen molar-refractivity contribution in [3.63, 3.8) is 0 Å². The lowest BCUT2D eigenvalue weighted by molar-refractivity contribution is -0.146. The maximum Gasteiger partial charge on any atom is 0.331 e. The first-order chi connectivity index (χ1) is 10.2. The van der Waals surface area contributed by atoms with Gasteiger partial charge in [0, 0.05) is 12.2 Å². The zero-order chi connectivity index (χ0) is 15.1. The molecule has 116 valence electrons. The van der Waals surface area contributed by atoms with Gasteiger partial charge in [-0.25, -0.2) is 4.79 Å². The summed E-state index contributed by atoms with van der Waals surface area (Å²) in [6.07, 6.45) is 3.76. The molecule has 1 aliphatic heterocycles. The van der Waals surface area contributed by atoms with Crippen molar-refractivity contribution in [1.29, 1.82) is 0 Å². The monoisotopic (exact) mass is 290 g/mol. The second-order valence-electron chi connectivity index (χ2n) is 5.76. The molecule has 1 fully saturated rings. The molecule has 0 radical (unpaired) electrons. The van der Waals surface area contributed by atoms with Crippen LogP contribution in [0.2, 0.25) is 0 Å². The van der Waals surface area contributed by atoms with Crippen LogP contribution in [-0.2, 0) is 9.53 Å². The fraction of sp³-hybridized carbons (Fsp3) is 0.588. The van der Waals surface area contributed by atoms with Gasteiger partial charge < -0.3 is 15.0 Å². The Balaban J connectivity index is 2.15. The Bertz CT molecular complexity index is 449. The summed E-state index contributed by atoms with van der Waals surface area (Å²) in [6.45, 7) is 5.29. The van der Waals surface area contributed by atoms with E-state index in [2.05, 4.69) is 17.1 Å². The molecule has 0 saturated carbocycles. The predicted molar refractivity (Wildman–Crippen MR) is 85.4 cm³/mol. The van der Waals surface area contributed by atoms with Gasteiger partial charge in [0.15, 0.2) is 0 Å². The molecule has 1 heterocycles. The standard InChI is InChI=1S/C17H26N2O2/c1-3-12-19-13-7-10-17(11-14-19,16(20)21-2)18-15-8-5-4-6-9-15/h4-6,8-9,18H,3,7,10-14H2,1-2H3. The number of carbonyl (C=O) groups is 1. The molecule has 0 aliphatic carbocycles. The van der Waals surface area contributed by atoms with Crippen molar-refractivity contribution < 1.29 is 9.53 Å². The van der Waals surface area contributed by atoms with Crippen LogP contribution in [0.4, 0.5) is 5.69 Å². The number of benzene rings is 1. The van der Waals surface area contributed by atoms with Crippen LogP contribution in [0.25, 0.3) is 0 Å². The van der Waals surface area contributed by atoms with Gasteiger partial charge in [-0.1, -0.05) is 25.1 Å². The SMILES string of the molecule is CCCN1CCCC(Nc2ccccc2)(C(=O)OC)CC1. The molecule has 4 heteroatoms. The summed E-state index contributed by atoms with van der Waals surface area (Å²) in [5, 5.41) is 3.45. The van der Waals surface area contributed by atoms with E-state index in [1.807, 2.05) is 30.3 Å². The van der Waals surface area contributed by atoms with E-state index in [-0.39, 0.29) is 5.97 Å². The number of nitrogens with one attached hydrogen (secondary N) is 1.